The fourth-order valence-corrected chi connectivity index (χ4v) is 11.7. The molecule has 0 aromatic heterocycles. The number of rotatable bonds is 73. The van der Waals surface area contributed by atoms with Gasteiger partial charge in [-0.1, -0.05) is 264 Å². The minimum atomic E-state index is -4.99. The number of aliphatic hydroxyl groups excluding tert-OH is 1. The molecular formula is C83H140O17P2. The maximum Gasteiger partial charge on any atom is 0.472 e. The van der Waals surface area contributed by atoms with Gasteiger partial charge < -0.3 is 33.8 Å². The largest absolute Gasteiger partial charge is 0.472 e. The van der Waals surface area contributed by atoms with E-state index < -0.39 is 97.5 Å². The molecule has 0 saturated heterocycles. The summed E-state index contributed by atoms with van der Waals surface area (Å²) >= 11 is 0. The van der Waals surface area contributed by atoms with Crippen LogP contribution in [0.3, 0.4) is 0 Å². The third-order valence-electron chi connectivity index (χ3n) is 16.1. The van der Waals surface area contributed by atoms with Gasteiger partial charge in [-0.2, -0.15) is 0 Å². The highest BCUT2D eigenvalue weighted by molar-refractivity contribution is 7.47. The average molecular weight is 1470 g/mol. The van der Waals surface area contributed by atoms with Crippen molar-refractivity contribution in [1.82, 2.24) is 0 Å². The van der Waals surface area contributed by atoms with E-state index in [1.165, 1.54) is 19.3 Å². The molecule has 0 radical (unpaired) electrons. The molecule has 0 heterocycles. The Morgan fingerprint density at radius 3 is 0.824 bits per heavy atom. The molecule has 5 unspecified atom stereocenters. The maximum absolute atomic E-state index is 13.1. The van der Waals surface area contributed by atoms with Crippen molar-refractivity contribution < 1.29 is 80.2 Å². The SMILES string of the molecule is CC/C=C\C/C=C\C/C=C\CCCCCCCC(=O)OCC(COP(=O)(O)OCC(O)COP(=O)(O)OCC(COC(=O)CCCCCCCC/C=C\C/C=C\C/C=C\CCCCC)OC(=O)CCCCCCC/C=C\C/C=C\C/C=C\CC)OC(=O)CCCCCCC/C=C\C/C=C\CCC. The van der Waals surface area contributed by atoms with E-state index in [1.807, 2.05) is 0 Å². The number of phosphoric acid groups is 2. The zero-order valence-electron chi connectivity index (χ0n) is 63.7. The topological polar surface area (TPSA) is 237 Å². The summed E-state index contributed by atoms with van der Waals surface area (Å²) in [7, 11) is -9.98. The lowest BCUT2D eigenvalue weighted by Gasteiger charge is -2.21. The zero-order chi connectivity index (χ0) is 74.6. The second kappa shape index (κ2) is 74.5. The molecule has 584 valence electrons. The first-order valence-corrected chi connectivity index (χ1v) is 42.4. The Kier molecular flexibility index (Phi) is 71.0. The van der Waals surface area contributed by atoms with Crippen molar-refractivity contribution in [3.63, 3.8) is 0 Å². The molecular weight excluding hydrogens is 1330 g/mol. The summed E-state index contributed by atoms with van der Waals surface area (Å²) in [6, 6.07) is 0. The number of allylic oxidation sites excluding steroid dienone is 22. The lowest BCUT2D eigenvalue weighted by molar-refractivity contribution is -0.161. The number of aliphatic hydroxyl groups is 1. The van der Waals surface area contributed by atoms with Crippen LogP contribution in [0.4, 0.5) is 0 Å². The number of esters is 4. The van der Waals surface area contributed by atoms with Crippen LogP contribution in [-0.2, 0) is 65.4 Å². The van der Waals surface area contributed by atoms with E-state index in [0.717, 1.165) is 212 Å². The maximum atomic E-state index is 13.1. The summed E-state index contributed by atoms with van der Waals surface area (Å²) < 4.78 is 68.5. The van der Waals surface area contributed by atoms with Gasteiger partial charge in [-0.05, 0) is 154 Å². The van der Waals surface area contributed by atoms with E-state index in [-0.39, 0.29) is 25.7 Å². The first-order chi connectivity index (χ1) is 49.7. The summed E-state index contributed by atoms with van der Waals surface area (Å²) in [5.74, 6) is -2.24. The molecule has 0 aromatic rings. The van der Waals surface area contributed by atoms with Gasteiger partial charge in [0.2, 0.25) is 0 Å². The smallest absolute Gasteiger partial charge is 0.462 e. The summed E-state index contributed by atoms with van der Waals surface area (Å²) in [5.41, 5.74) is 0. The van der Waals surface area contributed by atoms with E-state index in [2.05, 4.69) is 161 Å². The lowest BCUT2D eigenvalue weighted by atomic mass is 10.1. The number of ether oxygens (including phenoxy) is 4. The molecule has 5 atom stereocenters. The van der Waals surface area contributed by atoms with E-state index >= 15 is 0 Å². The lowest BCUT2D eigenvalue weighted by Crippen LogP contribution is -2.30. The zero-order valence-corrected chi connectivity index (χ0v) is 65.5. The van der Waals surface area contributed by atoms with E-state index in [4.69, 9.17) is 37.0 Å². The summed E-state index contributed by atoms with van der Waals surface area (Å²) in [6.07, 6.45) is 82.9. The van der Waals surface area contributed by atoms with Crippen molar-refractivity contribution in [2.24, 2.45) is 0 Å². The summed E-state index contributed by atoms with van der Waals surface area (Å²) in [5, 5.41) is 10.6. The molecule has 0 aliphatic rings. The second-order valence-corrected chi connectivity index (χ2v) is 28.8. The Morgan fingerprint density at radius 1 is 0.284 bits per heavy atom. The van der Waals surface area contributed by atoms with Crippen molar-refractivity contribution in [1.29, 1.82) is 0 Å². The van der Waals surface area contributed by atoms with Crippen molar-refractivity contribution in [2.75, 3.05) is 39.6 Å². The van der Waals surface area contributed by atoms with Crippen molar-refractivity contribution >= 4 is 39.5 Å². The van der Waals surface area contributed by atoms with Crippen LogP contribution in [0.1, 0.15) is 310 Å². The molecule has 0 saturated carbocycles. The third kappa shape index (κ3) is 73.5. The van der Waals surface area contributed by atoms with Crippen LogP contribution < -0.4 is 0 Å². The highest BCUT2D eigenvalue weighted by Gasteiger charge is 2.30. The van der Waals surface area contributed by atoms with Crippen LogP contribution in [0.2, 0.25) is 0 Å². The van der Waals surface area contributed by atoms with Gasteiger partial charge >= 0.3 is 39.5 Å². The third-order valence-corrected chi connectivity index (χ3v) is 18.0. The van der Waals surface area contributed by atoms with Crippen molar-refractivity contribution in [3.8, 4) is 0 Å². The number of hydrogen-bond donors (Lipinski definition) is 3. The number of carbonyl (C=O) groups excluding carboxylic acids is 4. The van der Waals surface area contributed by atoms with Gasteiger partial charge in [-0.3, -0.25) is 37.3 Å². The quantitative estimate of drug-likeness (QED) is 0.0169. The molecule has 0 aliphatic heterocycles. The van der Waals surface area contributed by atoms with Crippen LogP contribution in [0.25, 0.3) is 0 Å². The highest BCUT2D eigenvalue weighted by Crippen LogP contribution is 2.45. The van der Waals surface area contributed by atoms with Gasteiger partial charge in [-0.15, -0.1) is 0 Å². The monoisotopic (exact) mass is 1470 g/mol. The van der Waals surface area contributed by atoms with Gasteiger partial charge in [-0.25, -0.2) is 9.13 Å². The highest BCUT2D eigenvalue weighted by atomic mass is 31.2. The Balaban J connectivity index is 5.39. The van der Waals surface area contributed by atoms with Gasteiger partial charge in [0, 0.05) is 25.7 Å². The number of phosphoric ester groups is 2. The second-order valence-electron chi connectivity index (χ2n) is 25.9. The van der Waals surface area contributed by atoms with Gasteiger partial charge in [0.25, 0.3) is 0 Å². The molecule has 0 bridgehead atoms. The molecule has 0 spiro atoms. The minimum Gasteiger partial charge on any atom is -0.462 e. The first-order valence-electron chi connectivity index (χ1n) is 39.4. The van der Waals surface area contributed by atoms with E-state index in [9.17, 15) is 43.2 Å². The van der Waals surface area contributed by atoms with Gasteiger partial charge in [0.05, 0.1) is 26.4 Å². The summed E-state index contributed by atoms with van der Waals surface area (Å²) in [6.45, 7) is 4.49. The van der Waals surface area contributed by atoms with Gasteiger partial charge in [0.15, 0.2) is 12.2 Å². The van der Waals surface area contributed by atoms with Crippen LogP contribution in [-0.4, -0.2) is 96.7 Å². The molecule has 0 rings (SSSR count). The fourth-order valence-electron chi connectivity index (χ4n) is 10.1. The Labute approximate surface area is 618 Å². The molecule has 0 aromatic carbocycles. The standard InChI is InChI=1S/C83H140O17P2/c1-5-9-13-17-21-25-29-33-36-37-38-39-42-45-48-52-56-60-64-68-81(86)94-74-79(100-83(88)70-66-62-58-54-50-46-41-35-31-27-23-19-15-11-7-3)76-98-102(91,92)96-72-77(84)71-95-101(89,90)97-75-78(99-82(87)69-65-61-57-53-49-43-32-28-24-20-16-12-8-4)73-93-80(85)67-63-59-55-51-47-44-40-34-30-26-22-18-14-10-6-2/h10-11,14-16,20-23,25-28,32-36,38-41,77-79,84H,5-9,12-13,17-19,24,29-31,37,42-76H2,1-4H3,(H,89,90)(H,91,92)/b14-10-,15-11-,20-16-,25-21-,26-22-,27-23-,32-28-,36-33-,39-38-,40-34-,41-35-. The predicted molar refractivity (Wildman–Crippen MR) is 418 cm³/mol. The first kappa shape index (κ1) is 97.2. The molecule has 3 N–H and O–H groups in total. The number of unbranched alkanes of at least 4 members (excludes halogenated alkanes) is 25. The number of hydrogen-bond acceptors (Lipinski definition) is 15. The van der Waals surface area contributed by atoms with E-state index in [1.54, 1.807) is 0 Å². The fraction of sp³-hybridized carbons (Fsp3) is 0.687. The van der Waals surface area contributed by atoms with Crippen LogP contribution in [0, 0.1) is 0 Å². The van der Waals surface area contributed by atoms with Crippen LogP contribution in [0.15, 0.2) is 134 Å². The normalized spacial score (nSPS) is 14.6. The Bertz CT molecular complexity index is 2460. The Morgan fingerprint density at radius 2 is 0.529 bits per heavy atom. The Hall–Kier alpha value is -4.80. The van der Waals surface area contributed by atoms with Gasteiger partial charge in [0.1, 0.15) is 19.3 Å². The number of carbonyl (C=O) groups is 4. The van der Waals surface area contributed by atoms with Crippen molar-refractivity contribution in [2.45, 2.75) is 329 Å². The molecule has 19 heteroatoms. The summed E-state index contributed by atoms with van der Waals surface area (Å²) in [4.78, 5) is 73.0. The molecule has 102 heavy (non-hydrogen) atoms. The molecule has 17 nitrogen and oxygen atoms in total. The molecule has 0 aliphatic carbocycles. The van der Waals surface area contributed by atoms with Crippen LogP contribution >= 0.6 is 15.6 Å². The minimum absolute atomic E-state index is 0.0690. The predicted octanol–water partition coefficient (Wildman–Crippen LogP) is 22.9. The average Bonchev–Trinajstić information content (AvgIpc) is 0.909. The molecule has 0 fully saturated rings. The van der Waals surface area contributed by atoms with Crippen LogP contribution in [0.5, 0.6) is 0 Å². The van der Waals surface area contributed by atoms with E-state index in [0.29, 0.717) is 25.7 Å². The van der Waals surface area contributed by atoms with Crippen molar-refractivity contribution in [3.05, 3.63) is 134 Å². The molecule has 0 amide bonds.